The molecule has 0 saturated carbocycles. The van der Waals surface area contributed by atoms with Crippen molar-refractivity contribution in [2.45, 2.75) is 26.0 Å². The van der Waals surface area contributed by atoms with Gasteiger partial charge < -0.3 is 9.63 Å². The standard InChI is InChI=1S/C14H18FN3O2/c1-10(19)7-8-18(2)9-13-16-14(17-20-13)11-3-5-12(15)6-4-11/h3-6,10,19H,7-9H2,1-2H3. The SMILES string of the molecule is CC(O)CCN(C)Cc1nc(-c2ccc(F)cc2)no1. The monoisotopic (exact) mass is 279 g/mol. The Kier molecular flexibility index (Phi) is 4.81. The van der Waals surface area contributed by atoms with E-state index in [1.807, 2.05) is 11.9 Å². The second-order valence-electron chi connectivity index (χ2n) is 4.89. The molecular formula is C14H18FN3O2. The van der Waals surface area contributed by atoms with Gasteiger partial charge in [0.05, 0.1) is 12.6 Å². The normalized spacial score (nSPS) is 12.8. The molecule has 0 spiro atoms. The van der Waals surface area contributed by atoms with Crippen LogP contribution in [-0.2, 0) is 6.54 Å². The van der Waals surface area contributed by atoms with Gasteiger partial charge in [0.2, 0.25) is 11.7 Å². The van der Waals surface area contributed by atoms with Crippen LogP contribution >= 0.6 is 0 Å². The number of benzene rings is 1. The zero-order valence-corrected chi connectivity index (χ0v) is 11.6. The predicted molar refractivity (Wildman–Crippen MR) is 72.3 cm³/mol. The average Bonchev–Trinajstić information content (AvgIpc) is 2.85. The topological polar surface area (TPSA) is 62.4 Å². The zero-order chi connectivity index (χ0) is 14.5. The predicted octanol–water partition coefficient (Wildman–Crippen LogP) is 2.08. The quantitative estimate of drug-likeness (QED) is 0.877. The van der Waals surface area contributed by atoms with Crippen molar-refractivity contribution in [1.29, 1.82) is 0 Å². The van der Waals surface area contributed by atoms with Gasteiger partial charge in [-0.3, -0.25) is 4.90 Å². The third-order valence-corrected chi connectivity index (χ3v) is 2.90. The highest BCUT2D eigenvalue weighted by atomic mass is 19.1. The molecule has 0 radical (unpaired) electrons. The maximum atomic E-state index is 12.8. The fraction of sp³-hybridized carbons (Fsp3) is 0.429. The molecule has 0 amide bonds. The van der Waals surface area contributed by atoms with Crippen LogP contribution in [0.4, 0.5) is 4.39 Å². The Bertz CT molecular complexity index is 540. The van der Waals surface area contributed by atoms with Crippen LogP contribution in [0.3, 0.4) is 0 Å². The first-order chi connectivity index (χ1) is 9.54. The largest absolute Gasteiger partial charge is 0.393 e. The van der Waals surface area contributed by atoms with Crippen LogP contribution in [0, 0.1) is 5.82 Å². The number of aliphatic hydroxyl groups is 1. The first kappa shape index (κ1) is 14.6. The minimum atomic E-state index is -0.324. The first-order valence-corrected chi connectivity index (χ1v) is 6.49. The molecule has 0 aliphatic rings. The van der Waals surface area contributed by atoms with Gasteiger partial charge in [-0.1, -0.05) is 5.16 Å². The molecule has 1 atom stereocenters. The lowest BCUT2D eigenvalue weighted by atomic mass is 10.2. The van der Waals surface area contributed by atoms with E-state index in [1.54, 1.807) is 19.1 Å². The Labute approximate surface area is 117 Å². The molecule has 108 valence electrons. The fourth-order valence-corrected chi connectivity index (χ4v) is 1.75. The van der Waals surface area contributed by atoms with Crippen molar-refractivity contribution in [2.24, 2.45) is 0 Å². The van der Waals surface area contributed by atoms with Gasteiger partial charge in [-0.25, -0.2) is 4.39 Å². The Balaban J connectivity index is 1.96. The molecular weight excluding hydrogens is 261 g/mol. The molecule has 1 aromatic carbocycles. The van der Waals surface area contributed by atoms with Gasteiger partial charge in [-0.15, -0.1) is 0 Å². The van der Waals surface area contributed by atoms with Crippen molar-refractivity contribution >= 4 is 0 Å². The second kappa shape index (κ2) is 6.58. The molecule has 1 heterocycles. The highest BCUT2D eigenvalue weighted by Crippen LogP contribution is 2.16. The molecule has 0 bridgehead atoms. The van der Waals surface area contributed by atoms with Crippen LogP contribution in [0.2, 0.25) is 0 Å². The number of hydrogen-bond acceptors (Lipinski definition) is 5. The van der Waals surface area contributed by atoms with E-state index in [4.69, 9.17) is 4.52 Å². The van der Waals surface area contributed by atoms with Crippen molar-refractivity contribution < 1.29 is 14.0 Å². The number of rotatable bonds is 6. The minimum absolute atomic E-state index is 0.296. The summed E-state index contributed by atoms with van der Waals surface area (Å²) in [6.07, 6.45) is 0.366. The van der Waals surface area contributed by atoms with Gasteiger partial charge in [0, 0.05) is 12.1 Å². The third-order valence-electron chi connectivity index (χ3n) is 2.90. The highest BCUT2D eigenvalue weighted by Gasteiger charge is 2.11. The summed E-state index contributed by atoms with van der Waals surface area (Å²) < 4.78 is 18.0. The van der Waals surface area contributed by atoms with Crippen molar-refractivity contribution in [3.05, 3.63) is 36.0 Å². The molecule has 6 heteroatoms. The number of nitrogens with zero attached hydrogens (tertiary/aromatic N) is 3. The van der Waals surface area contributed by atoms with Gasteiger partial charge in [0.25, 0.3) is 0 Å². The molecule has 0 saturated heterocycles. The Morgan fingerprint density at radius 2 is 2.05 bits per heavy atom. The lowest BCUT2D eigenvalue weighted by Gasteiger charge is -2.14. The van der Waals surface area contributed by atoms with Crippen molar-refractivity contribution in [3.8, 4) is 11.4 Å². The van der Waals surface area contributed by atoms with Crippen LogP contribution < -0.4 is 0 Å². The molecule has 1 unspecified atom stereocenters. The van der Waals surface area contributed by atoms with Crippen molar-refractivity contribution in [3.63, 3.8) is 0 Å². The molecule has 0 aliphatic heterocycles. The molecule has 20 heavy (non-hydrogen) atoms. The van der Waals surface area contributed by atoms with Gasteiger partial charge in [-0.2, -0.15) is 4.98 Å². The first-order valence-electron chi connectivity index (χ1n) is 6.49. The summed E-state index contributed by atoms with van der Waals surface area (Å²) in [6.45, 7) is 3.01. The Hall–Kier alpha value is -1.79. The van der Waals surface area contributed by atoms with Crippen LogP contribution in [0.15, 0.2) is 28.8 Å². The number of aromatic nitrogens is 2. The summed E-state index contributed by atoms with van der Waals surface area (Å²) in [5, 5.41) is 13.1. The molecule has 1 aromatic heterocycles. The Morgan fingerprint density at radius 1 is 1.35 bits per heavy atom. The summed E-state index contributed by atoms with van der Waals surface area (Å²) >= 11 is 0. The average molecular weight is 279 g/mol. The van der Waals surface area contributed by atoms with E-state index >= 15 is 0 Å². The van der Waals surface area contributed by atoms with E-state index < -0.39 is 0 Å². The molecule has 0 fully saturated rings. The van der Waals surface area contributed by atoms with Gasteiger partial charge in [0.1, 0.15) is 5.82 Å². The molecule has 5 nitrogen and oxygen atoms in total. The Morgan fingerprint density at radius 3 is 2.70 bits per heavy atom. The van der Waals surface area contributed by atoms with Crippen LogP contribution in [0.1, 0.15) is 19.2 Å². The number of halogens is 1. The summed E-state index contributed by atoms with van der Waals surface area (Å²) in [7, 11) is 1.92. The van der Waals surface area contributed by atoms with Gasteiger partial charge in [-0.05, 0) is 44.7 Å². The summed E-state index contributed by atoms with van der Waals surface area (Å²) in [5.41, 5.74) is 0.716. The smallest absolute Gasteiger partial charge is 0.241 e. The van der Waals surface area contributed by atoms with Gasteiger partial charge >= 0.3 is 0 Å². The number of hydrogen-bond donors (Lipinski definition) is 1. The van der Waals surface area contributed by atoms with Crippen LogP contribution in [0.25, 0.3) is 11.4 Å². The maximum Gasteiger partial charge on any atom is 0.241 e. The van der Waals surface area contributed by atoms with E-state index in [0.717, 1.165) is 6.54 Å². The summed E-state index contributed by atoms with van der Waals surface area (Å²) in [5.74, 6) is 0.650. The van der Waals surface area contributed by atoms with E-state index in [1.165, 1.54) is 12.1 Å². The fourth-order valence-electron chi connectivity index (χ4n) is 1.75. The minimum Gasteiger partial charge on any atom is -0.393 e. The van der Waals surface area contributed by atoms with Crippen molar-refractivity contribution in [2.75, 3.05) is 13.6 Å². The van der Waals surface area contributed by atoms with Crippen molar-refractivity contribution in [1.82, 2.24) is 15.0 Å². The van der Waals surface area contributed by atoms with E-state index in [2.05, 4.69) is 10.1 Å². The van der Waals surface area contributed by atoms with Gasteiger partial charge in [0.15, 0.2) is 0 Å². The third kappa shape index (κ3) is 4.11. The molecule has 2 aromatic rings. The maximum absolute atomic E-state index is 12.8. The van der Waals surface area contributed by atoms with E-state index in [0.29, 0.717) is 30.2 Å². The van der Waals surface area contributed by atoms with E-state index in [-0.39, 0.29) is 11.9 Å². The second-order valence-corrected chi connectivity index (χ2v) is 4.89. The van der Waals surface area contributed by atoms with E-state index in [9.17, 15) is 9.50 Å². The number of aliphatic hydroxyl groups excluding tert-OH is 1. The van der Waals surface area contributed by atoms with Crippen LogP contribution in [0.5, 0.6) is 0 Å². The highest BCUT2D eigenvalue weighted by molar-refractivity contribution is 5.53. The molecule has 0 aliphatic carbocycles. The lowest BCUT2D eigenvalue weighted by molar-refractivity contribution is 0.158. The molecule has 1 N–H and O–H groups in total. The summed E-state index contributed by atoms with van der Waals surface area (Å²) in [4.78, 5) is 6.27. The lowest BCUT2D eigenvalue weighted by Crippen LogP contribution is -2.22. The molecule has 2 rings (SSSR count). The zero-order valence-electron chi connectivity index (χ0n) is 11.6. The summed E-state index contributed by atoms with van der Waals surface area (Å²) in [6, 6.07) is 5.95. The van der Waals surface area contributed by atoms with Crippen LogP contribution in [-0.4, -0.2) is 39.8 Å².